The second-order valence-corrected chi connectivity index (χ2v) is 5.64. The van der Waals surface area contributed by atoms with Gasteiger partial charge >= 0.3 is 11.7 Å². The lowest BCUT2D eigenvalue weighted by atomic mass is 9.80. The fraction of sp³-hybridized carbons (Fsp3) is 0.583. The first-order chi connectivity index (χ1) is 9.71. The van der Waals surface area contributed by atoms with Gasteiger partial charge in [-0.3, -0.25) is 24.4 Å². The molecule has 1 aliphatic rings. The van der Waals surface area contributed by atoms with Crippen LogP contribution in [0.15, 0.2) is 12.4 Å². The van der Waals surface area contributed by atoms with Crippen LogP contribution in [0.3, 0.4) is 0 Å². The maximum absolute atomic E-state index is 12.2. The van der Waals surface area contributed by atoms with E-state index in [9.17, 15) is 19.7 Å². The van der Waals surface area contributed by atoms with Crippen molar-refractivity contribution in [1.29, 1.82) is 0 Å². The van der Waals surface area contributed by atoms with Crippen LogP contribution < -0.4 is 5.32 Å². The molecule has 0 spiro atoms. The molecule has 1 aromatic heterocycles. The van der Waals surface area contributed by atoms with Gasteiger partial charge in [-0.25, -0.2) is 0 Å². The van der Waals surface area contributed by atoms with Crippen LogP contribution in [-0.2, 0) is 15.1 Å². The molecule has 0 aliphatic heterocycles. The number of carboxylic acid groups (broad SMARTS) is 1. The Bertz CT molecular complexity index is 588. The van der Waals surface area contributed by atoms with E-state index in [0.29, 0.717) is 12.8 Å². The largest absolute Gasteiger partial charge is 0.481 e. The Balaban J connectivity index is 2.00. The molecule has 1 amide bonds. The third kappa shape index (κ3) is 2.86. The van der Waals surface area contributed by atoms with Crippen molar-refractivity contribution in [2.24, 2.45) is 5.92 Å². The van der Waals surface area contributed by atoms with Gasteiger partial charge in [0.05, 0.1) is 10.8 Å². The number of aliphatic carboxylic acids is 1. The number of amides is 1. The molecular weight excluding hydrogens is 280 g/mol. The zero-order chi connectivity index (χ0) is 15.8. The number of nitrogens with one attached hydrogen (secondary N) is 1. The SMILES string of the molecule is CC(C)(C(=O)NC1CC(C(=O)O)C1)n1cc([N+](=O)[O-])cn1. The monoisotopic (exact) mass is 296 g/mol. The second-order valence-electron chi connectivity index (χ2n) is 5.64. The van der Waals surface area contributed by atoms with Crippen molar-refractivity contribution >= 4 is 17.6 Å². The first-order valence-electron chi connectivity index (χ1n) is 6.45. The average molecular weight is 296 g/mol. The molecule has 0 radical (unpaired) electrons. The summed E-state index contributed by atoms with van der Waals surface area (Å²) in [5.74, 6) is -1.62. The summed E-state index contributed by atoms with van der Waals surface area (Å²) in [7, 11) is 0. The standard InChI is InChI=1S/C12H16N4O5/c1-12(2,15-6-9(5-13-15)16(20)21)11(19)14-8-3-7(4-8)10(17)18/h5-8H,3-4H2,1-2H3,(H,14,19)(H,17,18). The Morgan fingerprint density at radius 2 is 2.14 bits per heavy atom. The van der Waals surface area contributed by atoms with Crippen LogP contribution in [0.2, 0.25) is 0 Å². The summed E-state index contributed by atoms with van der Waals surface area (Å²) in [6.07, 6.45) is 3.08. The van der Waals surface area contributed by atoms with E-state index < -0.39 is 22.3 Å². The molecule has 9 nitrogen and oxygen atoms in total. The van der Waals surface area contributed by atoms with E-state index in [-0.39, 0.29) is 17.6 Å². The van der Waals surface area contributed by atoms with Gasteiger partial charge in [-0.1, -0.05) is 0 Å². The van der Waals surface area contributed by atoms with Crippen molar-refractivity contribution in [3.8, 4) is 0 Å². The average Bonchev–Trinajstić information content (AvgIpc) is 2.82. The lowest BCUT2D eigenvalue weighted by molar-refractivity contribution is -0.385. The van der Waals surface area contributed by atoms with Crippen LogP contribution in [0.25, 0.3) is 0 Å². The van der Waals surface area contributed by atoms with Crippen molar-refractivity contribution in [3.63, 3.8) is 0 Å². The number of hydrogen-bond acceptors (Lipinski definition) is 5. The highest BCUT2D eigenvalue weighted by atomic mass is 16.6. The van der Waals surface area contributed by atoms with E-state index in [1.54, 1.807) is 13.8 Å². The zero-order valence-corrected chi connectivity index (χ0v) is 11.6. The molecule has 0 atom stereocenters. The lowest BCUT2D eigenvalue weighted by Crippen LogP contribution is -2.53. The Kier molecular flexibility index (Phi) is 3.67. The normalized spacial score (nSPS) is 21.4. The summed E-state index contributed by atoms with van der Waals surface area (Å²) in [6.45, 7) is 3.18. The molecule has 1 aromatic rings. The van der Waals surface area contributed by atoms with Gasteiger partial charge in [0.25, 0.3) is 0 Å². The third-order valence-electron chi connectivity index (χ3n) is 3.73. The number of nitrogens with zero attached hydrogens (tertiary/aromatic N) is 3. The number of carboxylic acids is 1. The van der Waals surface area contributed by atoms with E-state index >= 15 is 0 Å². The summed E-state index contributed by atoms with van der Waals surface area (Å²) in [5, 5.41) is 26.0. The summed E-state index contributed by atoms with van der Waals surface area (Å²) in [5.41, 5.74) is -1.28. The van der Waals surface area contributed by atoms with E-state index in [1.807, 2.05) is 0 Å². The molecule has 0 saturated heterocycles. The van der Waals surface area contributed by atoms with Crippen molar-refractivity contribution in [1.82, 2.24) is 15.1 Å². The van der Waals surface area contributed by atoms with Crippen molar-refractivity contribution in [3.05, 3.63) is 22.5 Å². The van der Waals surface area contributed by atoms with Gasteiger partial charge in [0.1, 0.15) is 17.9 Å². The highest BCUT2D eigenvalue weighted by Crippen LogP contribution is 2.28. The summed E-state index contributed by atoms with van der Waals surface area (Å²) < 4.78 is 1.23. The molecule has 21 heavy (non-hydrogen) atoms. The maximum Gasteiger partial charge on any atom is 0.307 e. The molecule has 9 heteroatoms. The molecule has 114 valence electrons. The molecule has 1 fully saturated rings. The van der Waals surface area contributed by atoms with Gasteiger partial charge in [-0.15, -0.1) is 0 Å². The number of rotatable bonds is 5. The quantitative estimate of drug-likeness (QED) is 0.601. The topological polar surface area (TPSA) is 127 Å². The van der Waals surface area contributed by atoms with E-state index in [4.69, 9.17) is 5.11 Å². The number of carbonyl (C=O) groups is 2. The van der Waals surface area contributed by atoms with Crippen LogP contribution in [0.1, 0.15) is 26.7 Å². The number of hydrogen-bond donors (Lipinski definition) is 2. The predicted octanol–water partition coefficient (Wildman–Crippen LogP) is 0.506. The highest BCUT2D eigenvalue weighted by Gasteiger charge is 2.39. The second kappa shape index (κ2) is 5.15. The van der Waals surface area contributed by atoms with Crippen molar-refractivity contribution in [2.45, 2.75) is 38.3 Å². The van der Waals surface area contributed by atoms with Crippen LogP contribution in [0.4, 0.5) is 5.69 Å². The van der Waals surface area contributed by atoms with Gasteiger partial charge in [0.15, 0.2) is 0 Å². The number of aromatic nitrogens is 2. The Morgan fingerprint density at radius 1 is 1.52 bits per heavy atom. The van der Waals surface area contributed by atoms with Crippen LogP contribution in [-0.4, -0.2) is 37.7 Å². The van der Waals surface area contributed by atoms with E-state index in [1.165, 1.54) is 10.9 Å². The Hall–Kier alpha value is -2.45. The fourth-order valence-corrected chi connectivity index (χ4v) is 2.12. The minimum atomic E-state index is -1.09. The first kappa shape index (κ1) is 14.9. The van der Waals surface area contributed by atoms with Crippen molar-refractivity contribution in [2.75, 3.05) is 0 Å². The molecule has 0 unspecified atom stereocenters. The number of carbonyl (C=O) groups excluding carboxylic acids is 1. The summed E-state index contributed by atoms with van der Waals surface area (Å²) >= 11 is 0. The van der Waals surface area contributed by atoms with E-state index in [0.717, 1.165) is 6.20 Å². The van der Waals surface area contributed by atoms with Gasteiger partial charge in [0.2, 0.25) is 5.91 Å². The maximum atomic E-state index is 12.2. The molecule has 1 aliphatic carbocycles. The fourth-order valence-electron chi connectivity index (χ4n) is 2.12. The molecule has 0 bridgehead atoms. The van der Waals surface area contributed by atoms with Crippen LogP contribution in [0.5, 0.6) is 0 Å². The Morgan fingerprint density at radius 3 is 2.62 bits per heavy atom. The minimum absolute atomic E-state index is 0.177. The van der Waals surface area contributed by atoms with Crippen LogP contribution in [0, 0.1) is 16.0 Å². The lowest BCUT2D eigenvalue weighted by Gasteiger charge is -2.35. The third-order valence-corrected chi connectivity index (χ3v) is 3.73. The molecule has 1 saturated carbocycles. The molecule has 0 aromatic carbocycles. The predicted molar refractivity (Wildman–Crippen MR) is 70.5 cm³/mol. The number of nitro groups is 1. The molecule has 1 heterocycles. The Labute approximate surface area is 120 Å². The molecular formula is C12H16N4O5. The van der Waals surface area contributed by atoms with Gasteiger partial charge < -0.3 is 10.4 Å². The summed E-state index contributed by atoms with van der Waals surface area (Å²) in [6, 6.07) is -0.177. The zero-order valence-electron chi connectivity index (χ0n) is 11.6. The van der Waals surface area contributed by atoms with E-state index in [2.05, 4.69) is 10.4 Å². The summed E-state index contributed by atoms with van der Waals surface area (Å²) in [4.78, 5) is 33.0. The van der Waals surface area contributed by atoms with Crippen LogP contribution >= 0.6 is 0 Å². The first-order valence-corrected chi connectivity index (χ1v) is 6.45. The van der Waals surface area contributed by atoms with Gasteiger partial charge in [-0.2, -0.15) is 5.10 Å². The molecule has 2 N–H and O–H groups in total. The van der Waals surface area contributed by atoms with Gasteiger partial charge in [0, 0.05) is 6.04 Å². The minimum Gasteiger partial charge on any atom is -0.481 e. The molecule has 2 rings (SSSR count). The van der Waals surface area contributed by atoms with Crippen molar-refractivity contribution < 1.29 is 19.6 Å². The highest BCUT2D eigenvalue weighted by molar-refractivity contribution is 5.84. The smallest absolute Gasteiger partial charge is 0.307 e. The van der Waals surface area contributed by atoms with Gasteiger partial charge in [-0.05, 0) is 26.7 Å².